The van der Waals surface area contributed by atoms with Gasteiger partial charge in [-0.15, -0.1) is 0 Å². The van der Waals surface area contributed by atoms with Gasteiger partial charge in [0.25, 0.3) is 5.88 Å². The number of nitrogens with zero attached hydrogens (tertiary/aromatic N) is 2. The van der Waals surface area contributed by atoms with Crippen LogP contribution >= 0.6 is 0 Å². The Hall–Kier alpha value is -3.61. The van der Waals surface area contributed by atoms with Crippen LogP contribution in [0.2, 0.25) is 0 Å². The summed E-state index contributed by atoms with van der Waals surface area (Å²) in [6.07, 6.45) is 2.85. The first-order valence-corrected chi connectivity index (χ1v) is 9.94. The Labute approximate surface area is 178 Å². The zero-order valence-electron chi connectivity index (χ0n) is 16.6. The first kappa shape index (κ1) is 20.7. The molecule has 5 nitrogen and oxygen atoms in total. The number of aromatic nitrogens is 1. The third-order valence-electron chi connectivity index (χ3n) is 5.24. The Balaban J connectivity index is 1.53. The van der Waals surface area contributed by atoms with E-state index in [1.54, 1.807) is 18.2 Å². The number of anilines is 1. The normalized spacial score (nSPS) is 15.7. The molecule has 0 radical (unpaired) electrons. The summed E-state index contributed by atoms with van der Waals surface area (Å²) in [6.45, 7) is 1.17. The van der Waals surface area contributed by atoms with Crippen LogP contribution in [0.25, 0.3) is 0 Å². The molecule has 1 aliphatic rings. The summed E-state index contributed by atoms with van der Waals surface area (Å²) in [6, 6.07) is 13.3. The molecule has 3 aromatic rings. The Morgan fingerprint density at radius 2 is 1.90 bits per heavy atom. The van der Waals surface area contributed by atoms with Gasteiger partial charge in [-0.05, 0) is 60.2 Å². The van der Waals surface area contributed by atoms with Crippen LogP contribution in [0.3, 0.4) is 0 Å². The van der Waals surface area contributed by atoms with Gasteiger partial charge >= 0.3 is 0 Å². The molecule has 1 fully saturated rings. The maximum Gasteiger partial charge on any atom is 0.250 e. The number of carbonyl (C=O) groups is 2. The fourth-order valence-corrected chi connectivity index (χ4v) is 3.72. The molecule has 2 aromatic carbocycles. The molecule has 0 bridgehead atoms. The van der Waals surface area contributed by atoms with Crippen molar-refractivity contribution in [3.63, 3.8) is 0 Å². The van der Waals surface area contributed by atoms with Crippen molar-refractivity contribution < 1.29 is 23.1 Å². The molecule has 0 saturated carbocycles. The maximum absolute atomic E-state index is 13.8. The number of hydrogen-bond donors (Lipinski definition) is 0. The molecule has 158 valence electrons. The number of ketones is 1. The third-order valence-corrected chi connectivity index (χ3v) is 5.24. The van der Waals surface area contributed by atoms with E-state index in [1.165, 1.54) is 42.6 Å². The van der Waals surface area contributed by atoms with Crippen LogP contribution in [-0.2, 0) is 11.2 Å². The quantitative estimate of drug-likeness (QED) is 0.426. The predicted octanol–water partition coefficient (Wildman–Crippen LogP) is 3.99. The van der Waals surface area contributed by atoms with E-state index in [0.29, 0.717) is 36.2 Å². The van der Waals surface area contributed by atoms with Gasteiger partial charge in [0.05, 0.1) is 6.54 Å². The number of carbonyl (C=O) groups excluding carboxylic acids is 2. The molecule has 1 aromatic heterocycles. The average Bonchev–Trinajstić information content (AvgIpc) is 3.24. The van der Waals surface area contributed by atoms with Crippen molar-refractivity contribution in [1.29, 1.82) is 0 Å². The van der Waals surface area contributed by atoms with Gasteiger partial charge in [-0.3, -0.25) is 4.79 Å². The Morgan fingerprint density at radius 3 is 2.65 bits per heavy atom. The number of ether oxygens (including phenoxy) is 1. The maximum atomic E-state index is 13.8. The Morgan fingerprint density at radius 1 is 1.13 bits per heavy atom. The van der Waals surface area contributed by atoms with Crippen molar-refractivity contribution in [2.75, 3.05) is 18.0 Å². The number of rotatable bonds is 7. The molecule has 2 heterocycles. The summed E-state index contributed by atoms with van der Waals surface area (Å²) in [4.78, 5) is 30.0. The van der Waals surface area contributed by atoms with E-state index in [2.05, 4.69) is 9.88 Å². The van der Waals surface area contributed by atoms with Gasteiger partial charge in [-0.2, -0.15) is 0 Å². The first-order chi connectivity index (χ1) is 15.0. The number of benzene rings is 2. The van der Waals surface area contributed by atoms with Crippen LogP contribution in [0.15, 0.2) is 60.8 Å². The number of halogens is 2. The van der Waals surface area contributed by atoms with E-state index in [1.807, 2.05) is 0 Å². The topological polar surface area (TPSA) is 59.5 Å². The van der Waals surface area contributed by atoms with Crippen LogP contribution in [0.5, 0.6) is 5.88 Å². The largest absolute Gasteiger partial charge is 0.470 e. The molecule has 1 unspecified atom stereocenters. The molecule has 0 spiro atoms. The molecule has 0 amide bonds. The lowest BCUT2D eigenvalue weighted by Crippen LogP contribution is -2.26. The minimum atomic E-state index is -0.508. The lowest BCUT2D eigenvalue weighted by Gasteiger charge is -2.22. The summed E-state index contributed by atoms with van der Waals surface area (Å²) >= 11 is 0. The van der Waals surface area contributed by atoms with Crippen LogP contribution in [0.4, 0.5) is 14.5 Å². The number of hydrogen-bond acceptors (Lipinski definition) is 5. The second-order valence-corrected chi connectivity index (χ2v) is 7.32. The Kier molecular flexibility index (Phi) is 6.02. The summed E-state index contributed by atoms with van der Waals surface area (Å²) < 4.78 is 32.7. The predicted molar refractivity (Wildman–Crippen MR) is 111 cm³/mol. The summed E-state index contributed by atoms with van der Waals surface area (Å²) in [5.74, 6) is -1.19. The van der Waals surface area contributed by atoms with Crippen molar-refractivity contribution >= 4 is 17.8 Å². The summed E-state index contributed by atoms with van der Waals surface area (Å²) in [5, 5.41) is 0. The lowest BCUT2D eigenvalue weighted by atomic mass is 9.99. The van der Waals surface area contributed by atoms with Crippen molar-refractivity contribution in [3.05, 3.63) is 89.1 Å². The minimum Gasteiger partial charge on any atom is -0.470 e. The molecular formula is C24H20F2N2O3. The molecule has 4 rings (SSSR count). The van der Waals surface area contributed by atoms with Gasteiger partial charge in [0.1, 0.15) is 18.2 Å². The lowest BCUT2D eigenvalue weighted by molar-refractivity contribution is -0.107. The average molecular weight is 422 g/mol. The van der Waals surface area contributed by atoms with Crippen LogP contribution in [0.1, 0.15) is 27.9 Å². The molecule has 1 aliphatic heterocycles. The number of aldehydes is 1. The van der Waals surface area contributed by atoms with Gasteiger partial charge in [0.2, 0.25) is 0 Å². The second-order valence-electron chi connectivity index (χ2n) is 7.32. The number of pyridine rings is 1. The third kappa shape index (κ3) is 4.60. The van der Waals surface area contributed by atoms with E-state index in [9.17, 15) is 18.4 Å². The standard InChI is InChI=1S/C24H20F2N2O3/c25-19-6-3-16(4-7-19)23(30)18-5-8-22(17(14-18)10-13-29)28-12-9-20(15-28)31-24-21(26)2-1-11-27-24/h1-8,11,13-14,20H,9-10,12,15H2. The van der Waals surface area contributed by atoms with Gasteiger partial charge in [-0.25, -0.2) is 13.8 Å². The van der Waals surface area contributed by atoms with E-state index in [0.717, 1.165) is 12.0 Å². The molecule has 31 heavy (non-hydrogen) atoms. The highest BCUT2D eigenvalue weighted by Crippen LogP contribution is 2.29. The highest BCUT2D eigenvalue weighted by Gasteiger charge is 2.27. The molecular weight excluding hydrogens is 402 g/mol. The van der Waals surface area contributed by atoms with Crippen LogP contribution in [-0.4, -0.2) is 36.2 Å². The van der Waals surface area contributed by atoms with E-state index in [-0.39, 0.29) is 24.2 Å². The smallest absolute Gasteiger partial charge is 0.250 e. The molecule has 0 N–H and O–H groups in total. The molecule has 0 aliphatic carbocycles. The van der Waals surface area contributed by atoms with Gasteiger partial charge < -0.3 is 14.4 Å². The fraction of sp³-hybridized carbons (Fsp3) is 0.208. The molecule has 1 saturated heterocycles. The first-order valence-electron chi connectivity index (χ1n) is 9.94. The summed E-state index contributed by atoms with van der Waals surface area (Å²) in [5.41, 5.74) is 2.34. The summed E-state index contributed by atoms with van der Waals surface area (Å²) in [7, 11) is 0. The zero-order chi connectivity index (χ0) is 21.8. The Bertz CT molecular complexity index is 1100. The van der Waals surface area contributed by atoms with Crippen molar-refractivity contribution in [1.82, 2.24) is 4.98 Å². The fourth-order valence-electron chi connectivity index (χ4n) is 3.72. The monoisotopic (exact) mass is 422 g/mol. The highest BCUT2D eigenvalue weighted by atomic mass is 19.1. The second kappa shape index (κ2) is 9.04. The van der Waals surface area contributed by atoms with E-state index < -0.39 is 11.6 Å². The highest BCUT2D eigenvalue weighted by molar-refractivity contribution is 6.09. The van der Waals surface area contributed by atoms with E-state index in [4.69, 9.17) is 4.74 Å². The van der Waals surface area contributed by atoms with E-state index >= 15 is 0 Å². The van der Waals surface area contributed by atoms with Crippen molar-refractivity contribution in [2.24, 2.45) is 0 Å². The SMILES string of the molecule is O=CCc1cc(C(=O)c2ccc(F)cc2)ccc1N1CCC(Oc2ncccc2F)C1. The van der Waals surface area contributed by atoms with Crippen LogP contribution < -0.4 is 9.64 Å². The molecule has 7 heteroatoms. The van der Waals surface area contributed by atoms with Gasteiger partial charge in [-0.1, -0.05) is 0 Å². The minimum absolute atomic E-state index is 0.0253. The van der Waals surface area contributed by atoms with Crippen molar-refractivity contribution in [2.45, 2.75) is 18.9 Å². The van der Waals surface area contributed by atoms with Crippen molar-refractivity contribution in [3.8, 4) is 5.88 Å². The van der Waals surface area contributed by atoms with Crippen LogP contribution in [0, 0.1) is 11.6 Å². The van der Waals surface area contributed by atoms with Gasteiger partial charge in [0, 0.05) is 42.4 Å². The van der Waals surface area contributed by atoms with Gasteiger partial charge in [0.15, 0.2) is 11.6 Å². The zero-order valence-corrected chi connectivity index (χ0v) is 16.6. The molecule has 1 atom stereocenters.